The molecule has 190 valence electrons. The Morgan fingerprint density at radius 1 is 1.00 bits per heavy atom. The Kier molecular flexibility index (Phi) is 7.53. The molecule has 0 fully saturated rings. The van der Waals surface area contributed by atoms with Crippen LogP contribution in [-0.4, -0.2) is 32.6 Å². The lowest BCUT2D eigenvalue weighted by Gasteiger charge is -2.37. The van der Waals surface area contributed by atoms with Gasteiger partial charge in [-0.1, -0.05) is 49.7 Å². The average molecular weight is 490 g/mol. The zero-order chi connectivity index (χ0) is 26.0. The maximum atomic E-state index is 13.8. The van der Waals surface area contributed by atoms with Crippen LogP contribution < -0.4 is 14.8 Å². The number of ketones is 1. The summed E-state index contributed by atoms with van der Waals surface area (Å²) in [5.41, 5.74) is 5.80. The van der Waals surface area contributed by atoms with Crippen molar-refractivity contribution in [3.8, 4) is 11.5 Å². The number of Topliss-reactive ketones (excluding diaryl/α,β-unsaturated/α-hetero) is 1. The van der Waals surface area contributed by atoms with E-state index in [1.54, 1.807) is 14.2 Å². The van der Waals surface area contributed by atoms with Crippen LogP contribution >= 0.6 is 0 Å². The molecule has 6 heteroatoms. The second-order valence-corrected chi connectivity index (χ2v) is 10.0. The molecule has 0 unspecified atom stereocenters. The van der Waals surface area contributed by atoms with Crippen molar-refractivity contribution in [1.82, 2.24) is 5.32 Å². The van der Waals surface area contributed by atoms with Crippen LogP contribution in [-0.2, 0) is 14.3 Å². The van der Waals surface area contributed by atoms with Crippen molar-refractivity contribution in [3.63, 3.8) is 0 Å². The van der Waals surface area contributed by atoms with E-state index in [4.69, 9.17) is 14.2 Å². The maximum Gasteiger partial charge on any atom is 0.336 e. The summed E-state index contributed by atoms with van der Waals surface area (Å²) in [6.07, 6.45) is 1.01. The molecule has 0 spiro atoms. The maximum absolute atomic E-state index is 13.8. The first kappa shape index (κ1) is 25.5. The lowest BCUT2D eigenvalue weighted by atomic mass is 9.71. The minimum Gasteiger partial charge on any atom is -0.493 e. The number of esters is 1. The number of hydrogen-bond acceptors (Lipinski definition) is 6. The quantitative estimate of drug-likeness (QED) is 0.513. The van der Waals surface area contributed by atoms with Gasteiger partial charge in [-0.25, -0.2) is 4.79 Å². The molecular formula is C30H35NO5. The van der Waals surface area contributed by atoms with Gasteiger partial charge >= 0.3 is 5.97 Å². The third kappa shape index (κ3) is 5.03. The molecule has 1 aliphatic carbocycles. The number of allylic oxidation sites excluding steroid dienone is 3. The van der Waals surface area contributed by atoms with Gasteiger partial charge in [0.1, 0.15) is 0 Å². The molecule has 2 aromatic carbocycles. The standard InChI is InChI=1S/C30H35NO5/c1-17(2)16-36-30(33)27-19(4)31-23-13-22(20-10-11-25(34-5)26(15-20)35-6)14-24(32)29(23)28(27)21-9-7-8-18(3)12-21/h7-12,15,17,22,28,31H,13-14,16H2,1-6H3/t22-,28-/m1/s1. The minimum absolute atomic E-state index is 0.0102. The van der Waals surface area contributed by atoms with Gasteiger partial charge in [0.25, 0.3) is 0 Å². The number of dihydropyridines is 1. The summed E-state index contributed by atoms with van der Waals surface area (Å²) < 4.78 is 16.5. The average Bonchev–Trinajstić information content (AvgIpc) is 2.85. The van der Waals surface area contributed by atoms with Gasteiger partial charge in [-0.3, -0.25) is 4.79 Å². The number of aryl methyl sites for hydroxylation is 1. The summed E-state index contributed by atoms with van der Waals surface area (Å²) in [6.45, 7) is 8.25. The zero-order valence-corrected chi connectivity index (χ0v) is 21.9. The Hall–Kier alpha value is -3.54. The number of carbonyl (C=O) groups is 2. The van der Waals surface area contributed by atoms with Gasteiger partial charge in [0.15, 0.2) is 17.3 Å². The third-order valence-electron chi connectivity index (χ3n) is 6.85. The number of carbonyl (C=O) groups excluding carboxylic acids is 2. The SMILES string of the molecule is COc1ccc([C@H]2CC(=O)C3=C(C2)NC(C)=C(C(=O)OCC(C)C)[C@H]3c2cccc(C)c2)cc1OC. The molecule has 6 nitrogen and oxygen atoms in total. The summed E-state index contributed by atoms with van der Waals surface area (Å²) in [7, 11) is 3.21. The van der Waals surface area contributed by atoms with Crippen LogP contribution in [0.15, 0.2) is 65.0 Å². The Bertz CT molecular complexity index is 1240. The fourth-order valence-electron chi connectivity index (χ4n) is 5.16. The number of rotatable bonds is 7. The summed E-state index contributed by atoms with van der Waals surface area (Å²) in [6, 6.07) is 13.8. The predicted molar refractivity (Wildman–Crippen MR) is 139 cm³/mol. The van der Waals surface area contributed by atoms with E-state index in [1.165, 1.54) is 0 Å². The van der Waals surface area contributed by atoms with Gasteiger partial charge in [0.2, 0.25) is 0 Å². The highest BCUT2D eigenvalue weighted by molar-refractivity contribution is 6.04. The summed E-state index contributed by atoms with van der Waals surface area (Å²) in [4.78, 5) is 27.1. The van der Waals surface area contributed by atoms with Gasteiger partial charge in [-0.2, -0.15) is 0 Å². The van der Waals surface area contributed by atoms with Crippen molar-refractivity contribution in [1.29, 1.82) is 0 Å². The van der Waals surface area contributed by atoms with Crippen molar-refractivity contribution in [2.24, 2.45) is 5.92 Å². The number of nitrogens with one attached hydrogen (secondary N) is 1. The van der Waals surface area contributed by atoms with Crippen LogP contribution in [0.5, 0.6) is 11.5 Å². The van der Waals surface area contributed by atoms with E-state index in [0.717, 1.165) is 28.1 Å². The molecule has 4 rings (SSSR count). The first-order valence-corrected chi connectivity index (χ1v) is 12.4. The molecule has 1 aliphatic heterocycles. The van der Waals surface area contributed by atoms with Gasteiger partial charge in [0, 0.05) is 29.3 Å². The van der Waals surface area contributed by atoms with E-state index < -0.39 is 5.92 Å². The fraction of sp³-hybridized carbons (Fsp3) is 0.400. The summed E-state index contributed by atoms with van der Waals surface area (Å²) in [5, 5.41) is 3.41. The molecule has 1 heterocycles. The van der Waals surface area contributed by atoms with Crippen LogP contribution in [0, 0.1) is 12.8 Å². The van der Waals surface area contributed by atoms with Crippen molar-refractivity contribution < 1.29 is 23.8 Å². The Labute approximate surface area is 213 Å². The lowest BCUT2D eigenvalue weighted by Crippen LogP contribution is -2.36. The van der Waals surface area contributed by atoms with Crippen molar-refractivity contribution in [2.75, 3.05) is 20.8 Å². The topological polar surface area (TPSA) is 73.9 Å². The molecule has 1 N–H and O–H groups in total. The predicted octanol–water partition coefficient (Wildman–Crippen LogP) is 5.57. The zero-order valence-electron chi connectivity index (χ0n) is 21.9. The monoisotopic (exact) mass is 489 g/mol. The van der Waals surface area contributed by atoms with E-state index >= 15 is 0 Å². The molecule has 0 bridgehead atoms. The Morgan fingerprint density at radius 2 is 1.75 bits per heavy atom. The molecule has 2 aliphatic rings. The Balaban J connectivity index is 1.75. The van der Waals surface area contributed by atoms with E-state index in [2.05, 4.69) is 11.4 Å². The number of methoxy groups -OCH3 is 2. The van der Waals surface area contributed by atoms with E-state index in [9.17, 15) is 9.59 Å². The summed E-state index contributed by atoms with van der Waals surface area (Å²) >= 11 is 0. The van der Waals surface area contributed by atoms with E-state index in [1.807, 2.05) is 64.1 Å². The molecule has 2 atom stereocenters. The number of benzene rings is 2. The van der Waals surface area contributed by atoms with Crippen LogP contribution in [0.2, 0.25) is 0 Å². The molecule has 0 aromatic heterocycles. The number of ether oxygens (including phenoxy) is 3. The smallest absolute Gasteiger partial charge is 0.336 e. The highest BCUT2D eigenvalue weighted by Gasteiger charge is 2.41. The van der Waals surface area contributed by atoms with Gasteiger partial charge in [0.05, 0.1) is 26.4 Å². The fourth-order valence-corrected chi connectivity index (χ4v) is 5.16. The minimum atomic E-state index is -0.459. The molecule has 0 saturated heterocycles. The highest BCUT2D eigenvalue weighted by Crippen LogP contribution is 2.46. The molecule has 36 heavy (non-hydrogen) atoms. The first-order chi connectivity index (χ1) is 17.2. The second-order valence-electron chi connectivity index (χ2n) is 10.0. The second kappa shape index (κ2) is 10.6. The molecular weight excluding hydrogens is 454 g/mol. The van der Waals surface area contributed by atoms with E-state index in [0.29, 0.717) is 42.1 Å². The van der Waals surface area contributed by atoms with Crippen LogP contribution in [0.4, 0.5) is 0 Å². The normalized spacial score (nSPS) is 19.7. The van der Waals surface area contributed by atoms with Gasteiger partial charge in [-0.05, 0) is 55.4 Å². The number of hydrogen-bond donors (Lipinski definition) is 1. The van der Waals surface area contributed by atoms with Crippen LogP contribution in [0.25, 0.3) is 0 Å². The summed E-state index contributed by atoms with van der Waals surface area (Å²) in [5.74, 6) is 0.712. The van der Waals surface area contributed by atoms with Crippen LogP contribution in [0.3, 0.4) is 0 Å². The molecule has 0 amide bonds. The van der Waals surface area contributed by atoms with Gasteiger partial charge in [-0.15, -0.1) is 0 Å². The lowest BCUT2D eigenvalue weighted by molar-refractivity contribution is -0.140. The van der Waals surface area contributed by atoms with Crippen LogP contribution in [0.1, 0.15) is 62.1 Å². The van der Waals surface area contributed by atoms with Crippen molar-refractivity contribution in [2.45, 2.75) is 52.4 Å². The van der Waals surface area contributed by atoms with Crippen molar-refractivity contribution in [3.05, 3.63) is 81.7 Å². The molecule has 0 saturated carbocycles. The first-order valence-electron chi connectivity index (χ1n) is 12.4. The molecule has 0 radical (unpaired) electrons. The Morgan fingerprint density at radius 3 is 2.42 bits per heavy atom. The molecule has 2 aromatic rings. The third-order valence-corrected chi connectivity index (χ3v) is 6.85. The largest absolute Gasteiger partial charge is 0.493 e. The van der Waals surface area contributed by atoms with Gasteiger partial charge < -0.3 is 19.5 Å². The van der Waals surface area contributed by atoms with E-state index in [-0.39, 0.29) is 23.6 Å². The highest BCUT2D eigenvalue weighted by atomic mass is 16.5. The van der Waals surface area contributed by atoms with Crippen molar-refractivity contribution >= 4 is 11.8 Å².